The van der Waals surface area contributed by atoms with Crippen LogP contribution in [0.4, 0.5) is 0 Å². The molecule has 0 rings (SSSR count). The van der Waals surface area contributed by atoms with Gasteiger partial charge in [-0.25, -0.2) is 14.4 Å². The Hall–Kier alpha value is -2.05. The van der Waals surface area contributed by atoms with Crippen molar-refractivity contribution in [3.05, 3.63) is 49.0 Å². The number of carbonyl (C=O) groups is 3. The third kappa shape index (κ3) is 59.7. The number of ether oxygens (including phenoxy) is 2. The number of rotatable bonds is 6. The summed E-state index contributed by atoms with van der Waals surface area (Å²) in [5.74, 6) is -1.71. The van der Waals surface area contributed by atoms with Crippen molar-refractivity contribution in [2.24, 2.45) is 0 Å². The van der Waals surface area contributed by atoms with E-state index in [4.69, 9.17) is 28.3 Å². The molecule has 0 heterocycles. The Kier molecular flexibility index (Phi) is 32.2. The van der Waals surface area contributed by atoms with Crippen LogP contribution in [0.25, 0.3) is 0 Å². The predicted molar refractivity (Wildman–Crippen MR) is 97.0 cm³/mol. The monoisotopic (exact) mass is 382 g/mol. The summed E-state index contributed by atoms with van der Waals surface area (Å²) in [6, 6.07) is 0. The van der Waals surface area contributed by atoms with Crippen molar-refractivity contribution in [2.45, 2.75) is 19.8 Å². The minimum Gasteiger partial charge on any atom is -0.478 e. The second kappa shape index (κ2) is 25.9. The molecule has 1 N–H and O–H groups in total. The summed E-state index contributed by atoms with van der Waals surface area (Å²) in [7, 11) is 1.31. The van der Waals surface area contributed by atoms with Crippen LogP contribution in [0.5, 0.6) is 0 Å². The summed E-state index contributed by atoms with van der Waals surface area (Å²) in [4.78, 5) is 29.4. The smallest absolute Gasteiger partial charge is 0.330 e. The topological polar surface area (TPSA) is 89.9 Å². The molecule has 24 heavy (non-hydrogen) atoms. The second-order valence-electron chi connectivity index (χ2n) is 3.33. The zero-order chi connectivity index (χ0) is 20.0. The van der Waals surface area contributed by atoms with Crippen molar-refractivity contribution in [1.82, 2.24) is 0 Å². The number of halogens is 2. The van der Waals surface area contributed by atoms with Crippen LogP contribution in [0.15, 0.2) is 49.0 Å². The van der Waals surface area contributed by atoms with Crippen LogP contribution >= 0.6 is 23.2 Å². The molecule has 0 aromatic carbocycles. The summed E-state index contributed by atoms with van der Waals surface area (Å²) < 4.78 is 8.93. The molecule has 0 saturated carbocycles. The zero-order valence-corrected chi connectivity index (χ0v) is 15.4. The fourth-order valence-electron chi connectivity index (χ4n) is 0.459. The maximum atomic E-state index is 10.3. The highest BCUT2D eigenvalue weighted by atomic mass is 35.5. The first-order valence-electron chi connectivity index (χ1n) is 6.47. The maximum Gasteiger partial charge on any atom is 0.330 e. The lowest BCUT2D eigenvalue weighted by molar-refractivity contribution is -0.138. The molecule has 8 heteroatoms. The Morgan fingerprint density at radius 3 is 1.58 bits per heavy atom. The van der Waals surface area contributed by atoms with Gasteiger partial charge in [0.05, 0.1) is 18.2 Å². The Labute approximate surface area is 153 Å². The molecule has 0 aromatic heterocycles. The maximum absolute atomic E-state index is 10.3. The first-order chi connectivity index (χ1) is 11.1. The Morgan fingerprint density at radius 1 is 1.04 bits per heavy atom. The molecule has 6 nitrogen and oxygen atoms in total. The van der Waals surface area contributed by atoms with Gasteiger partial charge in [-0.2, -0.15) is 0 Å². The molecular formula is C16H24Cl2O6. The van der Waals surface area contributed by atoms with Gasteiger partial charge in [0.1, 0.15) is 0 Å². The van der Waals surface area contributed by atoms with Crippen LogP contribution in [0.1, 0.15) is 19.8 Å². The molecule has 0 aliphatic carbocycles. The number of hydrogen-bond donors (Lipinski definition) is 1. The van der Waals surface area contributed by atoms with E-state index < -0.39 is 11.9 Å². The number of unbranched alkanes of at least 4 members (excludes halogenated alkanes) is 1. The molecule has 0 aromatic rings. The van der Waals surface area contributed by atoms with Crippen LogP contribution in [0.2, 0.25) is 0 Å². The van der Waals surface area contributed by atoms with Crippen molar-refractivity contribution >= 4 is 41.1 Å². The van der Waals surface area contributed by atoms with E-state index in [2.05, 4.69) is 35.8 Å². The molecular weight excluding hydrogens is 359 g/mol. The number of esters is 2. The van der Waals surface area contributed by atoms with E-state index in [1.54, 1.807) is 0 Å². The molecule has 0 bridgehead atoms. The van der Waals surface area contributed by atoms with Crippen LogP contribution in [-0.2, 0) is 23.9 Å². The zero-order valence-electron chi connectivity index (χ0n) is 13.9. The molecule has 0 amide bonds. The van der Waals surface area contributed by atoms with Crippen molar-refractivity contribution < 1.29 is 29.0 Å². The summed E-state index contributed by atoms with van der Waals surface area (Å²) in [6.45, 7) is 15.0. The third-order valence-electron chi connectivity index (χ3n) is 1.45. The van der Waals surface area contributed by atoms with Gasteiger partial charge < -0.3 is 14.6 Å². The molecule has 0 atom stereocenters. The van der Waals surface area contributed by atoms with Gasteiger partial charge in [0.2, 0.25) is 0 Å². The van der Waals surface area contributed by atoms with Crippen LogP contribution in [-0.4, -0.2) is 36.7 Å². The van der Waals surface area contributed by atoms with Crippen molar-refractivity contribution in [1.29, 1.82) is 0 Å². The van der Waals surface area contributed by atoms with Crippen molar-refractivity contribution in [3.8, 4) is 0 Å². The predicted octanol–water partition coefficient (Wildman–Crippen LogP) is 4.05. The highest BCUT2D eigenvalue weighted by Gasteiger charge is 1.91. The Bertz CT molecular complexity index is 401. The van der Waals surface area contributed by atoms with Gasteiger partial charge in [-0.3, -0.25) is 0 Å². The molecule has 0 radical (unpaired) electrons. The van der Waals surface area contributed by atoms with E-state index in [1.807, 2.05) is 6.92 Å². The van der Waals surface area contributed by atoms with Gasteiger partial charge in [-0.05, 0) is 6.42 Å². The van der Waals surface area contributed by atoms with E-state index >= 15 is 0 Å². The largest absolute Gasteiger partial charge is 0.478 e. The highest BCUT2D eigenvalue weighted by Crippen LogP contribution is 1.98. The molecule has 0 saturated heterocycles. The lowest BCUT2D eigenvalue weighted by Crippen LogP contribution is -2.00. The normalized spacial score (nSPS) is 7.33. The van der Waals surface area contributed by atoms with Gasteiger partial charge in [-0.15, -0.1) is 0 Å². The minimum absolute atomic E-state index is 0.111. The van der Waals surface area contributed by atoms with Crippen LogP contribution < -0.4 is 0 Å². The lowest BCUT2D eigenvalue weighted by atomic mass is 10.4. The lowest BCUT2D eigenvalue weighted by Gasteiger charge is -1.97. The second-order valence-corrected chi connectivity index (χ2v) is 4.44. The summed E-state index contributed by atoms with van der Waals surface area (Å²) in [5, 5.41) is 7.60. The first kappa shape index (κ1) is 29.9. The number of carboxylic acids is 1. The van der Waals surface area contributed by atoms with Gasteiger partial charge in [0, 0.05) is 18.2 Å². The van der Waals surface area contributed by atoms with Crippen molar-refractivity contribution in [3.63, 3.8) is 0 Å². The fourth-order valence-corrected chi connectivity index (χ4v) is 0.459. The van der Waals surface area contributed by atoms with E-state index in [0.717, 1.165) is 25.0 Å². The van der Waals surface area contributed by atoms with Gasteiger partial charge in [0.25, 0.3) is 0 Å². The molecule has 0 spiro atoms. The quantitative estimate of drug-likeness (QED) is 0.423. The van der Waals surface area contributed by atoms with Crippen molar-refractivity contribution in [2.75, 3.05) is 13.7 Å². The molecule has 0 aliphatic rings. The Morgan fingerprint density at radius 2 is 1.42 bits per heavy atom. The van der Waals surface area contributed by atoms with Crippen LogP contribution in [0, 0.1) is 0 Å². The van der Waals surface area contributed by atoms with Crippen LogP contribution in [0.3, 0.4) is 0 Å². The Balaban J connectivity index is -0.000000117. The summed E-state index contributed by atoms with van der Waals surface area (Å²) in [5.41, 5.74) is 0. The minimum atomic E-state index is -0.981. The number of hydrogen-bond acceptors (Lipinski definition) is 5. The highest BCUT2D eigenvalue weighted by molar-refractivity contribution is 6.55. The average molecular weight is 383 g/mol. The number of methoxy groups -OCH3 is 1. The molecule has 138 valence electrons. The van der Waals surface area contributed by atoms with E-state index in [9.17, 15) is 14.4 Å². The molecule has 0 fully saturated rings. The fraction of sp³-hybridized carbons (Fsp3) is 0.312. The molecule has 0 unspecified atom stereocenters. The number of carboxylic acid groups (broad SMARTS) is 1. The summed E-state index contributed by atoms with van der Waals surface area (Å²) in [6.07, 6.45) is 5.10. The van der Waals surface area contributed by atoms with E-state index in [-0.39, 0.29) is 10.5 Å². The summed E-state index contributed by atoms with van der Waals surface area (Å²) >= 11 is 9.69. The third-order valence-corrected chi connectivity index (χ3v) is 1.45. The SMILES string of the molecule is C=C(Cl)Cl.C=CC(=O)O.C=CC(=O)OC.C=CC(=O)OCCCC. The van der Waals surface area contributed by atoms with Gasteiger partial charge >= 0.3 is 17.9 Å². The van der Waals surface area contributed by atoms with Gasteiger partial charge in [0.15, 0.2) is 0 Å². The standard InChI is InChI=1S/C7H12O2.C4H6O2.C3H4O2.C2H2Cl2/c1-3-5-6-9-7(8)4-2;1-3-4(5)6-2;1-2-3(4)5;1-2(3)4/h4H,2-3,5-6H2,1H3;3H,1H2,2H3;2H,1H2,(H,4,5);1H2. The van der Waals surface area contributed by atoms with E-state index in [1.165, 1.54) is 13.2 Å². The van der Waals surface area contributed by atoms with Gasteiger partial charge in [-0.1, -0.05) is 62.9 Å². The number of aliphatic carboxylic acids is 1. The molecule has 0 aliphatic heterocycles. The number of carbonyl (C=O) groups excluding carboxylic acids is 2. The van der Waals surface area contributed by atoms with E-state index in [0.29, 0.717) is 6.61 Å². The average Bonchev–Trinajstić information content (AvgIpc) is 2.54. The first-order valence-corrected chi connectivity index (χ1v) is 7.23.